The molecule has 74 valence electrons. The van der Waals surface area contributed by atoms with E-state index in [1.807, 2.05) is 29.1 Å². The minimum Gasteiger partial charge on any atom is -0.327 e. The average Bonchev–Trinajstić information content (AvgIpc) is 2.88. The number of hydrogen-bond donors (Lipinski definition) is 0. The van der Waals surface area contributed by atoms with E-state index in [0.717, 1.165) is 11.3 Å². The Labute approximate surface area is 86.7 Å². The quantitative estimate of drug-likeness (QED) is 0.673. The lowest BCUT2D eigenvalue weighted by Gasteiger charge is -2.18. The molecule has 2 aliphatic heterocycles. The molecule has 3 rings (SSSR count). The molecule has 0 aromatic carbocycles. The molecule has 1 unspecified atom stereocenters. The van der Waals surface area contributed by atoms with Crippen LogP contribution in [0.25, 0.3) is 0 Å². The van der Waals surface area contributed by atoms with Gasteiger partial charge in [-0.3, -0.25) is 14.8 Å². The van der Waals surface area contributed by atoms with Gasteiger partial charge in [-0.1, -0.05) is 0 Å². The topological polar surface area (TPSA) is 46.7 Å². The number of aliphatic imine (C=N–C) groups is 2. The van der Waals surface area contributed by atoms with Crippen LogP contribution in [0, 0.1) is 0 Å². The maximum atomic E-state index is 11.5. The normalized spacial score (nSPS) is 23.7. The van der Waals surface area contributed by atoms with Crippen LogP contribution in [-0.4, -0.2) is 22.8 Å². The zero-order valence-corrected chi connectivity index (χ0v) is 8.00. The molecule has 0 N–H and O–H groups in total. The molecule has 0 fully saturated rings. The molecule has 0 amide bonds. The number of rotatable bonds is 1. The highest BCUT2D eigenvalue weighted by molar-refractivity contribution is 6.36. The first-order valence-electron chi connectivity index (χ1n) is 4.82. The summed E-state index contributed by atoms with van der Waals surface area (Å²) in [5.41, 5.74) is 1.57. The molecule has 1 atom stereocenters. The van der Waals surface area contributed by atoms with Crippen LogP contribution in [0.3, 0.4) is 0 Å². The van der Waals surface area contributed by atoms with E-state index >= 15 is 0 Å². The second-order valence-electron chi connectivity index (χ2n) is 3.53. The molecule has 3 heterocycles. The van der Waals surface area contributed by atoms with Crippen LogP contribution in [0.5, 0.6) is 0 Å². The van der Waals surface area contributed by atoms with Crippen LogP contribution in [0.1, 0.15) is 12.6 Å². The highest BCUT2D eigenvalue weighted by Crippen LogP contribution is 2.31. The summed E-state index contributed by atoms with van der Waals surface area (Å²) in [5.74, 6) is -0.00842. The smallest absolute Gasteiger partial charge is 0.201 e. The van der Waals surface area contributed by atoms with Crippen molar-refractivity contribution >= 4 is 18.2 Å². The van der Waals surface area contributed by atoms with Crippen molar-refractivity contribution in [3.8, 4) is 0 Å². The molecule has 1 aromatic rings. The highest BCUT2D eigenvalue weighted by atomic mass is 16.1. The van der Waals surface area contributed by atoms with Crippen LogP contribution in [0.4, 0.5) is 0 Å². The number of nitrogens with zero attached hydrogens (tertiary/aromatic N) is 3. The second kappa shape index (κ2) is 3.02. The number of carbonyl (C=O) groups is 1. The van der Waals surface area contributed by atoms with Gasteiger partial charge >= 0.3 is 0 Å². The summed E-state index contributed by atoms with van der Waals surface area (Å²) in [6, 6.07) is 3.87. The van der Waals surface area contributed by atoms with Gasteiger partial charge in [0, 0.05) is 30.6 Å². The van der Waals surface area contributed by atoms with E-state index in [-0.39, 0.29) is 11.9 Å². The fourth-order valence-electron chi connectivity index (χ4n) is 1.88. The third kappa shape index (κ3) is 1.18. The largest absolute Gasteiger partial charge is 0.327 e. The summed E-state index contributed by atoms with van der Waals surface area (Å²) in [6.07, 6.45) is 7.50. The van der Waals surface area contributed by atoms with Gasteiger partial charge in [0.2, 0.25) is 5.78 Å². The SMILES string of the molecule is O=C1C=NC(n2cccc2)C2=C1CC=N2. The summed E-state index contributed by atoms with van der Waals surface area (Å²) in [7, 11) is 0. The monoisotopic (exact) mass is 199 g/mol. The van der Waals surface area contributed by atoms with E-state index in [9.17, 15) is 4.79 Å². The van der Waals surface area contributed by atoms with E-state index < -0.39 is 0 Å². The zero-order chi connectivity index (χ0) is 10.3. The van der Waals surface area contributed by atoms with Gasteiger partial charge in [0.05, 0.1) is 11.9 Å². The molecule has 0 bridgehead atoms. The number of carbonyl (C=O) groups excluding carboxylic acids is 1. The van der Waals surface area contributed by atoms with Crippen molar-refractivity contribution in [3.05, 3.63) is 35.8 Å². The van der Waals surface area contributed by atoms with Crippen molar-refractivity contribution in [2.45, 2.75) is 12.6 Å². The summed E-state index contributed by atoms with van der Waals surface area (Å²) < 4.78 is 1.95. The van der Waals surface area contributed by atoms with Crippen LogP contribution in [0.2, 0.25) is 0 Å². The Bertz CT molecular complexity index is 494. The van der Waals surface area contributed by atoms with Crippen molar-refractivity contribution in [2.75, 3.05) is 0 Å². The summed E-state index contributed by atoms with van der Waals surface area (Å²) in [6.45, 7) is 0. The number of hydrogen-bond acceptors (Lipinski definition) is 3. The molecule has 0 aliphatic carbocycles. The maximum Gasteiger partial charge on any atom is 0.201 e. The maximum absolute atomic E-state index is 11.5. The van der Waals surface area contributed by atoms with Gasteiger partial charge in [-0.05, 0) is 12.1 Å². The van der Waals surface area contributed by atoms with E-state index in [1.165, 1.54) is 6.21 Å². The summed E-state index contributed by atoms with van der Waals surface area (Å²) in [4.78, 5) is 20.0. The van der Waals surface area contributed by atoms with Crippen LogP contribution in [0.15, 0.2) is 45.8 Å². The van der Waals surface area contributed by atoms with Gasteiger partial charge < -0.3 is 4.57 Å². The molecule has 15 heavy (non-hydrogen) atoms. The molecule has 0 saturated carbocycles. The molecule has 4 nitrogen and oxygen atoms in total. The Morgan fingerprint density at radius 3 is 2.93 bits per heavy atom. The number of allylic oxidation sites excluding steroid dienone is 1. The van der Waals surface area contributed by atoms with Gasteiger partial charge in [-0.25, -0.2) is 0 Å². The Kier molecular flexibility index (Phi) is 1.68. The van der Waals surface area contributed by atoms with Gasteiger partial charge in [0.1, 0.15) is 0 Å². The first kappa shape index (κ1) is 8.35. The van der Waals surface area contributed by atoms with Crippen molar-refractivity contribution in [1.29, 1.82) is 0 Å². The molecule has 2 aliphatic rings. The van der Waals surface area contributed by atoms with Crippen LogP contribution in [-0.2, 0) is 4.79 Å². The number of Topliss-reactive ketones (excluding diaryl/α,β-unsaturated/α-hetero) is 1. The summed E-state index contributed by atoms with van der Waals surface area (Å²) >= 11 is 0. The Hall–Kier alpha value is -1.97. The number of dihydropyridines is 1. The second-order valence-corrected chi connectivity index (χ2v) is 3.53. The lowest BCUT2D eigenvalue weighted by molar-refractivity contribution is -0.109. The van der Waals surface area contributed by atoms with E-state index in [4.69, 9.17) is 0 Å². The predicted molar refractivity (Wildman–Crippen MR) is 57.1 cm³/mol. The lowest BCUT2D eigenvalue weighted by atomic mass is 10.1. The van der Waals surface area contributed by atoms with Crippen LogP contribution < -0.4 is 0 Å². The number of ketones is 1. The predicted octanol–water partition coefficient (Wildman–Crippen LogP) is 1.37. The summed E-state index contributed by atoms with van der Waals surface area (Å²) in [5, 5.41) is 0. The molecule has 1 aromatic heterocycles. The Balaban J connectivity index is 2.08. The van der Waals surface area contributed by atoms with Gasteiger partial charge in [0.25, 0.3) is 0 Å². The van der Waals surface area contributed by atoms with E-state index in [0.29, 0.717) is 6.42 Å². The van der Waals surface area contributed by atoms with E-state index in [2.05, 4.69) is 9.98 Å². The molecular formula is C11H9N3O. The molecule has 4 heteroatoms. The highest BCUT2D eigenvalue weighted by Gasteiger charge is 2.27. The average molecular weight is 199 g/mol. The first-order chi connectivity index (χ1) is 7.36. The minimum absolute atomic E-state index is 0.00842. The Morgan fingerprint density at radius 2 is 2.13 bits per heavy atom. The van der Waals surface area contributed by atoms with Crippen molar-refractivity contribution in [2.24, 2.45) is 9.98 Å². The molecule has 0 radical (unpaired) electrons. The van der Waals surface area contributed by atoms with Crippen LogP contribution >= 0.6 is 0 Å². The lowest BCUT2D eigenvalue weighted by Crippen LogP contribution is -2.17. The van der Waals surface area contributed by atoms with Crippen molar-refractivity contribution in [3.63, 3.8) is 0 Å². The first-order valence-corrected chi connectivity index (χ1v) is 4.82. The van der Waals surface area contributed by atoms with Crippen molar-refractivity contribution in [1.82, 2.24) is 4.57 Å². The third-order valence-electron chi connectivity index (χ3n) is 2.62. The molecule has 0 saturated heterocycles. The van der Waals surface area contributed by atoms with E-state index in [1.54, 1.807) is 6.21 Å². The van der Waals surface area contributed by atoms with Gasteiger partial charge in [0.15, 0.2) is 6.17 Å². The molecule has 0 spiro atoms. The van der Waals surface area contributed by atoms with Crippen molar-refractivity contribution < 1.29 is 4.79 Å². The minimum atomic E-state index is -0.161. The fraction of sp³-hybridized carbons (Fsp3) is 0.182. The third-order valence-corrected chi connectivity index (χ3v) is 2.62. The van der Waals surface area contributed by atoms with Gasteiger partial charge in [-0.15, -0.1) is 0 Å². The fourth-order valence-corrected chi connectivity index (χ4v) is 1.88. The zero-order valence-electron chi connectivity index (χ0n) is 8.00. The number of aromatic nitrogens is 1. The van der Waals surface area contributed by atoms with Gasteiger partial charge in [-0.2, -0.15) is 0 Å². The molecular weight excluding hydrogens is 190 g/mol. The Morgan fingerprint density at radius 1 is 1.33 bits per heavy atom. The standard InChI is InChI=1S/C11H9N3O/c15-9-7-13-11(14-5-1-2-6-14)10-8(9)3-4-12-10/h1-2,4-7,11H,3H2.